The molecule has 2 aromatic rings. The number of hydrogen-bond acceptors (Lipinski definition) is 4. The predicted molar refractivity (Wildman–Crippen MR) is 117 cm³/mol. The summed E-state index contributed by atoms with van der Waals surface area (Å²) in [5.41, 5.74) is 1.35. The number of rotatable bonds is 9. The van der Waals surface area contributed by atoms with Crippen LogP contribution in [0.4, 0.5) is 11.4 Å². The quantitative estimate of drug-likeness (QED) is 0.518. The highest BCUT2D eigenvalue weighted by atomic mass is 35.5. The van der Waals surface area contributed by atoms with Crippen LogP contribution in [-0.2, 0) is 9.59 Å². The minimum atomic E-state index is -0.327. The van der Waals surface area contributed by atoms with Crippen molar-refractivity contribution in [1.29, 1.82) is 0 Å². The summed E-state index contributed by atoms with van der Waals surface area (Å²) in [5.74, 6) is 0.426. The lowest BCUT2D eigenvalue weighted by molar-refractivity contribution is -0.116. The lowest BCUT2D eigenvalue weighted by atomic mass is 10.2. The fourth-order valence-corrected chi connectivity index (χ4v) is 3.64. The first-order chi connectivity index (χ1) is 13.4. The van der Waals surface area contributed by atoms with E-state index in [0.717, 1.165) is 23.4 Å². The lowest BCUT2D eigenvalue weighted by Gasteiger charge is -2.14. The Morgan fingerprint density at radius 1 is 1.14 bits per heavy atom. The largest absolute Gasteiger partial charge is 0.495 e. The van der Waals surface area contributed by atoms with E-state index in [0.29, 0.717) is 22.9 Å². The maximum atomic E-state index is 12.5. The predicted octanol–water partition coefficient (Wildman–Crippen LogP) is 5.60. The number of unbranched alkanes of at least 4 members (excludes halogenated alkanes) is 1. The van der Waals surface area contributed by atoms with Gasteiger partial charge in [-0.25, -0.2) is 0 Å². The number of carbonyl (C=O) groups is 2. The van der Waals surface area contributed by atoms with Crippen molar-refractivity contribution in [3.63, 3.8) is 0 Å². The van der Waals surface area contributed by atoms with Gasteiger partial charge < -0.3 is 15.4 Å². The SMILES string of the molecule is CCCCC(=O)Nc1cccc(SC(C)C(=O)Nc2ccc(OC)c(Cl)c2)c1. The fourth-order valence-electron chi connectivity index (χ4n) is 2.45. The van der Waals surface area contributed by atoms with Crippen molar-refractivity contribution in [2.45, 2.75) is 43.3 Å². The Labute approximate surface area is 175 Å². The zero-order chi connectivity index (χ0) is 20.5. The second-order valence-electron chi connectivity index (χ2n) is 6.28. The van der Waals surface area contributed by atoms with Crippen molar-refractivity contribution in [3.05, 3.63) is 47.5 Å². The van der Waals surface area contributed by atoms with Gasteiger partial charge in [-0.05, 0) is 49.7 Å². The van der Waals surface area contributed by atoms with Crippen LogP contribution < -0.4 is 15.4 Å². The molecule has 0 aliphatic carbocycles. The Hall–Kier alpha value is -2.18. The van der Waals surface area contributed by atoms with E-state index in [1.165, 1.54) is 11.8 Å². The zero-order valence-corrected chi connectivity index (χ0v) is 17.8. The average Bonchev–Trinajstić information content (AvgIpc) is 2.66. The summed E-state index contributed by atoms with van der Waals surface area (Å²) in [6, 6.07) is 12.6. The molecule has 2 N–H and O–H groups in total. The number of methoxy groups -OCH3 is 1. The number of hydrogen-bond donors (Lipinski definition) is 2. The van der Waals surface area contributed by atoms with Crippen LogP contribution in [0.1, 0.15) is 33.1 Å². The summed E-state index contributed by atoms with van der Waals surface area (Å²) < 4.78 is 5.11. The standard InChI is InChI=1S/C21H25ClN2O3S/c1-4-5-9-20(25)23-15-7-6-8-17(12-15)28-14(2)21(26)24-16-10-11-19(27-3)18(22)13-16/h6-8,10-14H,4-5,9H2,1-3H3,(H,23,25)(H,24,26). The molecular weight excluding hydrogens is 396 g/mol. The highest BCUT2D eigenvalue weighted by Gasteiger charge is 2.16. The summed E-state index contributed by atoms with van der Waals surface area (Å²) in [7, 11) is 1.54. The molecule has 0 radical (unpaired) electrons. The van der Waals surface area contributed by atoms with Crippen molar-refractivity contribution in [1.82, 2.24) is 0 Å². The molecule has 0 aromatic heterocycles. The van der Waals surface area contributed by atoms with Gasteiger partial charge in [0.1, 0.15) is 5.75 Å². The minimum absolute atomic E-state index is 0.00572. The molecule has 0 bridgehead atoms. The number of thioether (sulfide) groups is 1. The van der Waals surface area contributed by atoms with Crippen LogP contribution in [0.15, 0.2) is 47.4 Å². The van der Waals surface area contributed by atoms with Gasteiger partial charge >= 0.3 is 0 Å². The molecule has 5 nitrogen and oxygen atoms in total. The molecule has 0 saturated carbocycles. The first kappa shape index (κ1) is 22.1. The van der Waals surface area contributed by atoms with Crippen LogP contribution in [0.2, 0.25) is 5.02 Å². The summed E-state index contributed by atoms with van der Waals surface area (Å²) in [6.45, 7) is 3.88. The molecule has 1 unspecified atom stereocenters. The van der Waals surface area contributed by atoms with E-state index in [-0.39, 0.29) is 17.1 Å². The monoisotopic (exact) mass is 420 g/mol. The molecule has 150 valence electrons. The Kier molecular flexibility index (Phi) is 8.67. The van der Waals surface area contributed by atoms with E-state index in [9.17, 15) is 9.59 Å². The van der Waals surface area contributed by atoms with Gasteiger partial charge in [0.15, 0.2) is 0 Å². The fraction of sp³-hybridized carbons (Fsp3) is 0.333. The zero-order valence-electron chi connectivity index (χ0n) is 16.3. The third-order valence-electron chi connectivity index (χ3n) is 3.98. The van der Waals surface area contributed by atoms with E-state index in [1.807, 2.05) is 31.2 Å². The van der Waals surface area contributed by atoms with Crippen LogP contribution in [-0.4, -0.2) is 24.2 Å². The van der Waals surface area contributed by atoms with Crippen LogP contribution in [0.5, 0.6) is 5.75 Å². The van der Waals surface area contributed by atoms with Gasteiger partial charge in [-0.3, -0.25) is 9.59 Å². The van der Waals surface area contributed by atoms with Crippen LogP contribution in [0.3, 0.4) is 0 Å². The molecule has 1 atom stereocenters. The molecule has 0 spiro atoms. The summed E-state index contributed by atoms with van der Waals surface area (Å²) in [4.78, 5) is 25.3. The van der Waals surface area contributed by atoms with Crippen molar-refractivity contribution < 1.29 is 14.3 Å². The van der Waals surface area contributed by atoms with E-state index < -0.39 is 0 Å². The molecule has 0 fully saturated rings. The molecule has 0 aliphatic rings. The number of amides is 2. The normalized spacial score (nSPS) is 11.6. The van der Waals surface area contributed by atoms with E-state index in [1.54, 1.807) is 25.3 Å². The molecule has 28 heavy (non-hydrogen) atoms. The van der Waals surface area contributed by atoms with Gasteiger partial charge in [0.2, 0.25) is 11.8 Å². The summed E-state index contributed by atoms with van der Waals surface area (Å²) in [5, 5.41) is 5.86. The highest BCUT2D eigenvalue weighted by Crippen LogP contribution is 2.29. The van der Waals surface area contributed by atoms with Gasteiger partial charge in [-0.2, -0.15) is 0 Å². The number of halogens is 1. The van der Waals surface area contributed by atoms with Crippen molar-refractivity contribution >= 4 is 46.6 Å². The van der Waals surface area contributed by atoms with E-state index >= 15 is 0 Å². The smallest absolute Gasteiger partial charge is 0.237 e. The van der Waals surface area contributed by atoms with Gasteiger partial charge in [0.05, 0.1) is 17.4 Å². The number of nitrogens with one attached hydrogen (secondary N) is 2. The number of carbonyl (C=O) groups excluding carboxylic acids is 2. The third-order valence-corrected chi connectivity index (χ3v) is 5.37. The van der Waals surface area contributed by atoms with Crippen LogP contribution in [0.25, 0.3) is 0 Å². The van der Waals surface area contributed by atoms with Crippen LogP contribution in [0, 0.1) is 0 Å². The summed E-state index contributed by atoms with van der Waals surface area (Å²) in [6.07, 6.45) is 2.36. The molecule has 2 aromatic carbocycles. The van der Waals surface area contributed by atoms with Gasteiger partial charge in [0, 0.05) is 22.7 Å². The topological polar surface area (TPSA) is 67.4 Å². The second-order valence-corrected chi connectivity index (χ2v) is 8.10. The number of benzene rings is 2. The number of ether oxygens (including phenoxy) is 1. The van der Waals surface area contributed by atoms with Crippen molar-refractivity contribution in [2.24, 2.45) is 0 Å². The molecular formula is C21H25ClN2O3S. The maximum absolute atomic E-state index is 12.5. The highest BCUT2D eigenvalue weighted by molar-refractivity contribution is 8.00. The van der Waals surface area contributed by atoms with E-state index in [4.69, 9.17) is 16.3 Å². The first-order valence-corrected chi connectivity index (χ1v) is 10.4. The number of anilines is 2. The molecule has 0 heterocycles. The Morgan fingerprint density at radius 2 is 1.89 bits per heavy atom. The Morgan fingerprint density at radius 3 is 2.57 bits per heavy atom. The van der Waals surface area contributed by atoms with E-state index in [2.05, 4.69) is 17.6 Å². The van der Waals surface area contributed by atoms with Gasteiger partial charge in [-0.1, -0.05) is 31.0 Å². The molecule has 0 saturated heterocycles. The van der Waals surface area contributed by atoms with Crippen molar-refractivity contribution in [3.8, 4) is 5.75 Å². The van der Waals surface area contributed by atoms with Crippen LogP contribution >= 0.6 is 23.4 Å². The molecule has 7 heteroatoms. The molecule has 2 amide bonds. The molecule has 2 rings (SSSR count). The Bertz CT molecular complexity index is 829. The third kappa shape index (κ3) is 6.77. The Balaban J connectivity index is 1.95. The first-order valence-electron chi connectivity index (χ1n) is 9.14. The summed E-state index contributed by atoms with van der Waals surface area (Å²) >= 11 is 7.52. The average molecular weight is 421 g/mol. The van der Waals surface area contributed by atoms with Gasteiger partial charge in [0.25, 0.3) is 0 Å². The second kappa shape index (κ2) is 11.0. The lowest BCUT2D eigenvalue weighted by Crippen LogP contribution is -2.22. The maximum Gasteiger partial charge on any atom is 0.237 e. The minimum Gasteiger partial charge on any atom is -0.495 e. The van der Waals surface area contributed by atoms with Gasteiger partial charge in [-0.15, -0.1) is 11.8 Å². The van der Waals surface area contributed by atoms with Crippen molar-refractivity contribution in [2.75, 3.05) is 17.7 Å². The molecule has 0 aliphatic heterocycles.